The average Bonchev–Trinajstić information content (AvgIpc) is 2.61. The monoisotopic (exact) mass is 348 g/mol. The fourth-order valence-corrected chi connectivity index (χ4v) is 2.24. The van der Waals surface area contributed by atoms with Crippen LogP contribution in [0, 0.1) is 0 Å². The minimum absolute atomic E-state index is 0.0409. The lowest BCUT2D eigenvalue weighted by Crippen LogP contribution is -2.03. The Labute approximate surface area is 145 Å². The number of rotatable bonds is 8. The number of carbonyl (C=O) groups excluding carboxylic acids is 1. The summed E-state index contributed by atoms with van der Waals surface area (Å²) in [4.78, 5) is 10.8. The van der Waals surface area contributed by atoms with Crippen LogP contribution in [-0.4, -0.2) is 27.0 Å². The van der Waals surface area contributed by atoms with E-state index in [4.69, 9.17) is 30.5 Å². The summed E-state index contributed by atoms with van der Waals surface area (Å²) in [7, 11) is 3.11. The van der Waals surface area contributed by atoms with Gasteiger partial charge in [0, 0.05) is 13.2 Å². The summed E-state index contributed by atoms with van der Waals surface area (Å²) in [6, 6.07) is 10.7. The first-order chi connectivity index (χ1) is 11.7. The molecule has 2 rings (SSSR count). The first kappa shape index (κ1) is 17.9. The molecule has 0 spiro atoms. The zero-order valence-electron chi connectivity index (χ0n) is 13.4. The van der Waals surface area contributed by atoms with Crippen LogP contribution in [0.4, 0.5) is 0 Å². The lowest BCUT2D eigenvalue weighted by atomic mass is 10.1. The predicted molar refractivity (Wildman–Crippen MR) is 91.4 cm³/mol. The largest absolute Gasteiger partial charge is 0.497 e. The molecule has 126 valence electrons. The quantitative estimate of drug-likeness (QED) is 0.537. The predicted octanol–water partition coefficient (Wildman–Crippen LogP) is 3.76. The Kier molecular flexibility index (Phi) is 6.70. The number of hydrogen-bond donors (Lipinski definition) is 0. The third kappa shape index (κ3) is 4.52. The third-order valence-electron chi connectivity index (χ3n) is 3.19. The van der Waals surface area contributed by atoms with Crippen molar-refractivity contribution in [3.05, 3.63) is 52.5 Å². The van der Waals surface area contributed by atoms with Gasteiger partial charge in [0.05, 0.1) is 17.7 Å². The number of hydrogen-bond acceptors (Lipinski definition) is 5. The minimum atomic E-state index is 0.0409. The van der Waals surface area contributed by atoms with E-state index >= 15 is 0 Å². The fraction of sp³-hybridized carbons (Fsp3) is 0.222. The van der Waals surface area contributed by atoms with Crippen molar-refractivity contribution in [2.75, 3.05) is 21.0 Å². The van der Waals surface area contributed by atoms with Gasteiger partial charge in [-0.05, 0) is 29.8 Å². The Bertz CT molecular complexity index is 721. The smallest absolute Gasteiger partial charge is 0.188 e. The average molecular weight is 349 g/mol. The van der Waals surface area contributed by atoms with Gasteiger partial charge >= 0.3 is 0 Å². The summed E-state index contributed by atoms with van der Waals surface area (Å²) in [5.74, 6) is 3.27. The van der Waals surface area contributed by atoms with Crippen LogP contribution in [0.15, 0.2) is 36.4 Å². The van der Waals surface area contributed by atoms with Gasteiger partial charge in [-0.15, -0.1) is 0 Å². The Morgan fingerprint density at radius 2 is 1.83 bits per heavy atom. The van der Waals surface area contributed by atoms with E-state index in [0.29, 0.717) is 22.1 Å². The van der Waals surface area contributed by atoms with Crippen LogP contribution >= 0.6 is 11.6 Å². The Morgan fingerprint density at radius 3 is 2.46 bits per heavy atom. The maximum absolute atomic E-state index is 10.8. The minimum Gasteiger partial charge on any atom is -0.497 e. The van der Waals surface area contributed by atoms with E-state index in [1.807, 2.05) is 24.3 Å². The third-order valence-corrected chi connectivity index (χ3v) is 3.48. The summed E-state index contributed by atoms with van der Waals surface area (Å²) in [6.45, 7) is 0.316. The maximum Gasteiger partial charge on any atom is 0.188 e. The van der Waals surface area contributed by atoms with E-state index in [-0.39, 0.29) is 13.4 Å². The van der Waals surface area contributed by atoms with Gasteiger partial charge in [-0.25, -0.2) is 4.79 Å². The molecule has 0 aliphatic carbocycles. The fourth-order valence-electron chi connectivity index (χ4n) is 2.02. The van der Waals surface area contributed by atoms with Gasteiger partial charge in [-0.2, -0.15) is 0 Å². The second kappa shape index (κ2) is 8.99. The standard InChI is InChI=1S/C18H17ClO5/c1-21-12-24-17-8-7-16(19)18(15(17)9-10-20)23-11-13-3-5-14(22-2)6-4-13/h3-9H,11-12H2,1-2H3. The highest BCUT2D eigenvalue weighted by Crippen LogP contribution is 2.37. The van der Waals surface area contributed by atoms with Crippen molar-refractivity contribution in [3.63, 3.8) is 0 Å². The van der Waals surface area contributed by atoms with Crippen molar-refractivity contribution >= 4 is 23.6 Å². The van der Waals surface area contributed by atoms with E-state index in [9.17, 15) is 4.79 Å². The molecule has 6 heteroatoms. The lowest BCUT2D eigenvalue weighted by molar-refractivity contribution is 0.0507. The SMILES string of the molecule is COCOc1ccc(Cl)c(OCc2ccc(OC)cc2)c1C=C=O. The number of benzene rings is 2. The van der Waals surface area contributed by atoms with Gasteiger partial charge < -0.3 is 18.9 Å². The molecule has 0 fully saturated rings. The first-order valence-electron chi connectivity index (χ1n) is 7.10. The molecule has 0 amide bonds. The van der Waals surface area contributed by atoms with E-state index < -0.39 is 0 Å². The van der Waals surface area contributed by atoms with Gasteiger partial charge in [-0.3, -0.25) is 0 Å². The molecular formula is C18H17ClO5. The molecule has 0 aliphatic heterocycles. The molecule has 0 radical (unpaired) electrons. The van der Waals surface area contributed by atoms with E-state index in [1.54, 1.807) is 25.2 Å². The van der Waals surface area contributed by atoms with Gasteiger partial charge in [0.1, 0.15) is 29.8 Å². The second-order valence-corrected chi connectivity index (χ2v) is 5.15. The molecular weight excluding hydrogens is 332 g/mol. The molecule has 2 aromatic carbocycles. The molecule has 0 bridgehead atoms. The summed E-state index contributed by atoms with van der Waals surface area (Å²) < 4.78 is 21.2. The van der Waals surface area contributed by atoms with Crippen LogP contribution in [0.5, 0.6) is 17.2 Å². The molecule has 2 aromatic rings. The van der Waals surface area contributed by atoms with Crippen LogP contribution in [0.3, 0.4) is 0 Å². The summed E-state index contributed by atoms with van der Waals surface area (Å²) in [5, 5.41) is 0.370. The van der Waals surface area contributed by atoms with E-state index in [1.165, 1.54) is 13.2 Å². The molecule has 0 saturated carbocycles. The highest BCUT2D eigenvalue weighted by Gasteiger charge is 2.14. The van der Waals surface area contributed by atoms with Gasteiger partial charge in [-0.1, -0.05) is 23.7 Å². The summed E-state index contributed by atoms with van der Waals surface area (Å²) in [6.07, 6.45) is 1.22. The van der Waals surface area contributed by atoms with Crippen molar-refractivity contribution in [1.82, 2.24) is 0 Å². The molecule has 0 saturated heterocycles. The van der Waals surface area contributed by atoms with Crippen molar-refractivity contribution in [2.45, 2.75) is 6.61 Å². The van der Waals surface area contributed by atoms with Crippen LogP contribution in [0.2, 0.25) is 5.02 Å². The van der Waals surface area contributed by atoms with Crippen LogP contribution in [0.1, 0.15) is 11.1 Å². The van der Waals surface area contributed by atoms with Crippen LogP contribution in [0.25, 0.3) is 6.08 Å². The summed E-state index contributed by atoms with van der Waals surface area (Å²) in [5.41, 5.74) is 1.35. The second-order valence-electron chi connectivity index (χ2n) is 4.74. The number of halogens is 1. The molecule has 5 nitrogen and oxygen atoms in total. The van der Waals surface area contributed by atoms with Gasteiger partial charge in [0.25, 0.3) is 0 Å². The summed E-state index contributed by atoms with van der Waals surface area (Å²) >= 11 is 6.20. The molecule has 0 aliphatic rings. The molecule has 0 atom stereocenters. The van der Waals surface area contributed by atoms with Crippen molar-refractivity contribution in [1.29, 1.82) is 0 Å². The highest BCUT2D eigenvalue weighted by molar-refractivity contribution is 6.32. The van der Waals surface area contributed by atoms with E-state index in [0.717, 1.165) is 11.3 Å². The van der Waals surface area contributed by atoms with Gasteiger partial charge in [0.2, 0.25) is 0 Å². The van der Waals surface area contributed by atoms with E-state index in [2.05, 4.69) is 0 Å². The van der Waals surface area contributed by atoms with Crippen molar-refractivity contribution < 1.29 is 23.7 Å². The van der Waals surface area contributed by atoms with Crippen molar-refractivity contribution in [2.24, 2.45) is 0 Å². The highest BCUT2D eigenvalue weighted by atomic mass is 35.5. The molecule has 24 heavy (non-hydrogen) atoms. The van der Waals surface area contributed by atoms with Crippen LogP contribution < -0.4 is 14.2 Å². The Balaban J connectivity index is 2.24. The lowest BCUT2D eigenvalue weighted by Gasteiger charge is -2.15. The van der Waals surface area contributed by atoms with Crippen molar-refractivity contribution in [3.8, 4) is 17.2 Å². The molecule has 0 N–H and O–H groups in total. The zero-order chi connectivity index (χ0) is 17.4. The zero-order valence-corrected chi connectivity index (χ0v) is 14.1. The normalized spacial score (nSPS) is 9.96. The number of ether oxygens (including phenoxy) is 4. The Morgan fingerprint density at radius 1 is 1.08 bits per heavy atom. The number of methoxy groups -OCH3 is 2. The molecule has 0 aromatic heterocycles. The first-order valence-corrected chi connectivity index (χ1v) is 7.48. The Hall–Kier alpha value is -2.46. The van der Waals surface area contributed by atoms with Crippen LogP contribution in [-0.2, 0) is 16.1 Å². The topological polar surface area (TPSA) is 54.0 Å². The molecule has 0 unspecified atom stereocenters. The van der Waals surface area contributed by atoms with Gasteiger partial charge in [0.15, 0.2) is 6.79 Å². The molecule has 0 heterocycles. The maximum atomic E-state index is 10.8.